The first-order chi connectivity index (χ1) is 10.6. The van der Waals surface area contributed by atoms with Crippen LogP contribution >= 0.6 is 11.8 Å². The summed E-state index contributed by atoms with van der Waals surface area (Å²) in [6.07, 6.45) is 1.69. The van der Waals surface area contributed by atoms with E-state index in [9.17, 15) is 9.59 Å². The summed E-state index contributed by atoms with van der Waals surface area (Å²) in [4.78, 5) is 23.1. The van der Waals surface area contributed by atoms with E-state index in [1.54, 1.807) is 43.5 Å². The molecule has 0 aliphatic rings. The number of carboxylic acids is 1. The van der Waals surface area contributed by atoms with E-state index in [1.807, 2.05) is 0 Å². The van der Waals surface area contributed by atoms with Crippen LogP contribution in [0.4, 0.5) is 0 Å². The van der Waals surface area contributed by atoms with Crippen molar-refractivity contribution in [2.75, 3.05) is 12.9 Å². The normalized spacial score (nSPS) is 11.9. The molecular weight excluding hydrogens is 304 g/mol. The first-order valence-corrected chi connectivity index (χ1v) is 7.69. The van der Waals surface area contributed by atoms with Crippen molar-refractivity contribution in [1.82, 2.24) is 0 Å². The van der Waals surface area contributed by atoms with E-state index in [2.05, 4.69) is 0 Å². The Labute approximate surface area is 132 Å². The third-order valence-corrected chi connectivity index (χ3v) is 4.27. The zero-order valence-electron chi connectivity index (χ0n) is 12.0. The fourth-order valence-electron chi connectivity index (χ4n) is 1.95. The molecule has 0 bridgehead atoms. The number of ether oxygens (including phenoxy) is 1. The highest BCUT2D eigenvalue weighted by Crippen LogP contribution is 2.33. The van der Waals surface area contributed by atoms with E-state index in [0.717, 1.165) is 0 Å². The molecule has 0 amide bonds. The highest BCUT2D eigenvalue weighted by atomic mass is 32.2. The number of thioether (sulfide) groups is 1. The van der Waals surface area contributed by atoms with Gasteiger partial charge in [-0.3, -0.25) is 9.59 Å². The van der Waals surface area contributed by atoms with Crippen molar-refractivity contribution in [3.63, 3.8) is 0 Å². The maximum absolute atomic E-state index is 12.4. The van der Waals surface area contributed by atoms with Crippen LogP contribution in [0.2, 0.25) is 0 Å². The summed E-state index contributed by atoms with van der Waals surface area (Å²) in [6.45, 7) is 0. The number of rotatable bonds is 8. The molecule has 5 nitrogen and oxygen atoms in total. The summed E-state index contributed by atoms with van der Waals surface area (Å²) in [5.41, 5.74) is 0.563. The Morgan fingerprint density at radius 1 is 1.27 bits per heavy atom. The van der Waals surface area contributed by atoms with Crippen molar-refractivity contribution in [3.8, 4) is 5.75 Å². The van der Waals surface area contributed by atoms with Crippen LogP contribution in [-0.4, -0.2) is 29.7 Å². The van der Waals surface area contributed by atoms with Gasteiger partial charge in [-0.25, -0.2) is 0 Å². The van der Waals surface area contributed by atoms with E-state index in [1.165, 1.54) is 18.0 Å². The summed E-state index contributed by atoms with van der Waals surface area (Å²) in [7, 11) is 1.56. The van der Waals surface area contributed by atoms with Crippen molar-refractivity contribution >= 4 is 23.5 Å². The summed E-state index contributed by atoms with van der Waals surface area (Å²) in [5.74, 6) is 0.217. The van der Waals surface area contributed by atoms with Crippen LogP contribution in [0.1, 0.15) is 27.8 Å². The minimum Gasteiger partial charge on any atom is -0.497 e. The lowest BCUT2D eigenvalue weighted by atomic mass is 10.1. The van der Waals surface area contributed by atoms with Gasteiger partial charge in [-0.05, 0) is 36.4 Å². The second-order valence-corrected chi connectivity index (χ2v) is 5.76. The Balaban J connectivity index is 2.08. The zero-order valence-corrected chi connectivity index (χ0v) is 12.8. The highest BCUT2D eigenvalue weighted by molar-refractivity contribution is 8.00. The van der Waals surface area contributed by atoms with Crippen LogP contribution in [0, 0.1) is 0 Å². The van der Waals surface area contributed by atoms with Crippen molar-refractivity contribution in [1.29, 1.82) is 0 Å². The van der Waals surface area contributed by atoms with Gasteiger partial charge in [0.25, 0.3) is 0 Å². The second-order valence-electron chi connectivity index (χ2n) is 4.56. The Hall–Kier alpha value is -2.21. The molecule has 1 N–H and O–H groups in total. The SMILES string of the molecule is COc1ccc(C(=O)CC(SCC(=O)O)c2ccco2)cc1. The molecule has 22 heavy (non-hydrogen) atoms. The van der Waals surface area contributed by atoms with Gasteiger partial charge in [0.2, 0.25) is 0 Å². The van der Waals surface area contributed by atoms with E-state index >= 15 is 0 Å². The minimum atomic E-state index is -0.918. The fraction of sp³-hybridized carbons (Fsp3) is 0.250. The number of benzene rings is 1. The van der Waals surface area contributed by atoms with Crippen molar-refractivity contribution in [3.05, 3.63) is 54.0 Å². The molecule has 0 aliphatic heterocycles. The third kappa shape index (κ3) is 4.39. The van der Waals surface area contributed by atoms with Gasteiger partial charge in [0, 0.05) is 12.0 Å². The highest BCUT2D eigenvalue weighted by Gasteiger charge is 2.21. The summed E-state index contributed by atoms with van der Waals surface area (Å²) < 4.78 is 10.4. The molecule has 0 radical (unpaired) electrons. The van der Waals surface area contributed by atoms with E-state index in [0.29, 0.717) is 17.1 Å². The van der Waals surface area contributed by atoms with Gasteiger partial charge in [0.1, 0.15) is 11.5 Å². The lowest BCUT2D eigenvalue weighted by molar-refractivity contribution is -0.133. The minimum absolute atomic E-state index is 0.0676. The lowest BCUT2D eigenvalue weighted by Crippen LogP contribution is -2.08. The molecule has 1 unspecified atom stereocenters. The molecule has 0 saturated heterocycles. The number of ketones is 1. The molecule has 2 aromatic rings. The van der Waals surface area contributed by atoms with Gasteiger partial charge >= 0.3 is 5.97 Å². The molecule has 0 fully saturated rings. The Kier molecular flexibility index (Phi) is 5.66. The quantitative estimate of drug-likeness (QED) is 0.751. The molecule has 0 spiro atoms. The molecule has 1 heterocycles. The number of aliphatic carboxylic acids is 1. The van der Waals surface area contributed by atoms with Crippen LogP contribution in [0.25, 0.3) is 0 Å². The van der Waals surface area contributed by atoms with Crippen molar-refractivity contribution in [2.24, 2.45) is 0 Å². The average molecular weight is 320 g/mol. The maximum atomic E-state index is 12.4. The maximum Gasteiger partial charge on any atom is 0.313 e. The topological polar surface area (TPSA) is 76.7 Å². The second kappa shape index (κ2) is 7.70. The molecular formula is C16H16O5S. The van der Waals surface area contributed by atoms with Crippen LogP contribution in [0.15, 0.2) is 47.1 Å². The molecule has 1 aromatic heterocycles. The summed E-state index contributed by atoms with van der Waals surface area (Å²) >= 11 is 1.18. The molecule has 1 atom stereocenters. The number of carbonyl (C=O) groups excluding carboxylic acids is 1. The molecule has 0 saturated carbocycles. The molecule has 2 rings (SSSR count). The number of Topliss-reactive ketones (excluding diaryl/α,β-unsaturated/α-hetero) is 1. The number of carbonyl (C=O) groups is 2. The number of hydrogen-bond acceptors (Lipinski definition) is 5. The monoisotopic (exact) mass is 320 g/mol. The largest absolute Gasteiger partial charge is 0.497 e. The third-order valence-electron chi connectivity index (χ3n) is 3.05. The number of furan rings is 1. The average Bonchev–Trinajstić information content (AvgIpc) is 3.05. The number of hydrogen-bond donors (Lipinski definition) is 1. The van der Waals surface area contributed by atoms with E-state index in [4.69, 9.17) is 14.3 Å². The fourth-order valence-corrected chi connectivity index (χ4v) is 2.86. The van der Waals surface area contributed by atoms with Gasteiger partial charge in [-0.1, -0.05) is 0 Å². The number of carboxylic acid groups (broad SMARTS) is 1. The van der Waals surface area contributed by atoms with Crippen LogP contribution in [0.5, 0.6) is 5.75 Å². The standard InChI is InChI=1S/C16H16O5S/c1-20-12-6-4-11(5-7-12)13(17)9-15(22-10-16(18)19)14-3-2-8-21-14/h2-8,15H,9-10H2,1H3,(H,18,19). The summed E-state index contributed by atoms with van der Waals surface area (Å²) in [5, 5.41) is 8.50. The van der Waals surface area contributed by atoms with Gasteiger partial charge in [-0.2, -0.15) is 0 Å². The van der Waals surface area contributed by atoms with Crippen LogP contribution in [0.3, 0.4) is 0 Å². The smallest absolute Gasteiger partial charge is 0.313 e. The molecule has 1 aromatic carbocycles. The molecule has 116 valence electrons. The van der Waals surface area contributed by atoms with Crippen LogP contribution < -0.4 is 4.74 Å². The van der Waals surface area contributed by atoms with Crippen LogP contribution in [-0.2, 0) is 4.79 Å². The first kappa shape index (κ1) is 16.2. The number of methoxy groups -OCH3 is 1. The van der Waals surface area contributed by atoms with E-state index < -0.39 is 5.97 Å². The Morgan fingerprint density at radius 2 is 2.00 bits per heavy atom. The van der Waals surface area contributed by atoms with Gasteiger partial charge < -0.3 is 14.3 Å². The van der Waals surface area contributed by atoms with Gasteiger partial charge in [0.15, 0.2) is 5.78 Å². The first-order valence-electron chi connectivity index (χ1n) is 6.64. The molecule has 0 aliphatic carbocycles. The van der Waals surface area contributed by atoms with Crippen molar-refractivity contribution in [2.45, 2.75) is 11.7 Å². The molecule has 6 heteroatoms. The van der Waals surface area contributed by atoms with Crippen molar-refractivity contribution < 1.29 is 23.8 Å². The Morgan fingerprint density at radius 3 is 2.55 bits per heavy atom. The van der Waals surface area contributed by atoms with E-state index in [-0.39, 0.29) is 23.2 Å². The predicted octanol–water partition coefficient (Wildman–Crippen LogP) is 3.42. The lowest BCUT2D eigenvalue weighted by Gasteiger charge is -2.12. The Bertz CT molecular complexity index is 618. The summed E-state index contributed by atoms with van der Waals surface area (Å²) in [6, 6.07) is 10.3. The predicted molar refractivity (Wildman–Crippen MR) is 83.5 cm³/mol. The zero-order chi connectivity index (χ0) is 15.9. The van der Waals surface area contributed by atoms with Gasteiger partial charge in [-0.15, -0.1) is 11.8 Å². The van der Waals surface area contributed by atoms with Gasteiger partial charge in [0.05, 0.1) is 24.4 Å².